The van der Waals surface area contributed by atoms with E-state index in [9.17, 15) is 4.79 Å². The number of hydrogen-bond donors (Lipinski definition) is 1. The zero-order chi connectivity index (χ0) is 19.9. The minimum absolute atomic E-state index is 0.0909. The molecule has 0 spiro atoms. The van der Waals surface area contributed by atoms with E-state index in [2.05, 4.69) is 39.1 Å². The van der Waals surface area contributed by atoms with Crippen molar-refractivity contribution in [2.24, 2.45) is 0 Å². The fourth-order valence-electron chi connectivity index (χ4n) is 2.87. The Labute approximate surface area is 174 Å². The Balaban J connectivity index is 1.59. The summed E-state index contributed by atoms with van der Waals surface area (Å²) in [5, 5.41) is 12.9. The van der Waals surface area contributed by atoms with Gasteiger partial charge in [-0.05, 0) is 43.5 Å². The van der Waals surface area contributed by atoms with Crippen LogP contribution >= 0.6 is 23.4 Å². The van der Waals surface area contributed by atoms with Crippen molar-refractivity contribution >= 4 is 35.0 Å². The van der Waals surface area contributed by atoms with Gasteiger partial charge in [-0.1, -0.05) is 59.8 Å². The molecule has 5 nitrogen and oxygen atoms in total. The molecule has 1 aromatic heterocycles. The van der Waals surface area contributed by atoms with Crippen LogP contribution in [-0.2, 0) is 24.2 Å². The Morgan fingerprint density at radius 1 is 1.14 bits per heavy atom. The van der Waals surface area contributed by atoms with E-state index in [1.807, 2.05) is 37.3 Å². The maximum Gasteiger partial charge on any atom is 0.234 e. The molecular weight excluding hydrogens is 392 g/mol. The lowest BCUT2D eigenvalue weighted by Gasteiger charge is -2.09. The first kappa shape index (κ1) is 20.4. The average molecular weight is 415 g/mol. The van der Waals surface area contributed by atoms with E-state index in [0.717, 1.165) is 41.6 Å². The molecule has 0 fully saturated rings. The monoisotopic (exact) mass is 414 g/mol. The van der Waals surface area contributed by atoms with Crippen molar-refractivity contribution in [1.29, 1.82) is 0 Å². The molecule has 1 amide bonds. The van der Waals surface area contributed by atoms with E-state index < -0.39 is 0 Å². The predicted octanol–water partition coefficient (Wildman–Crippen LogP) is 4.78. The molecule has 3 aromatic rings. The SMILES string of the molecule is CCn1c(CCc2ccccc2)nnc1SCC(=O)Nc1cc(Cl)ccc1C. The van der Waals surface area contributed by atoms with E-state index in [4.69, 9.17) is 11.6 Å². The number of carbonyl (C=O) groups excluding carboxylic acids is 1. The van der Waals surface area contributed by atoms with Crippen molar-refractivity contribution in [3.8, 4) is 0 Å². The van der Waals surface area contributed by atoms with Crippen LogP contribution in [0.1, 0.15) is 23.9 Å². The van der Waals surface area contributed by atoms with Crippen molar-refractivity contribution < 1.29 is 4.79 Å². The minimum atomic E-state index is -0.0909. The number of thioether (sulfide) groups is 1. The minimum Gasteiger partial charge on any atom is -0.325 e. The van der Waals surface area contributed by atoms with Gasteiger partial charge >= 0.3 is 0 Å². The first-order chi connectivity index (χ1) is 13.6. The molecule has 28 heavy (non-hydrogen) atoms. The van der Waals surface area contributed by atoms with E-state index in [1.54, 1.807) is 6.07 Å². The van der Waals surface area contributed by atoms with E-state index in [0.29, 0.717) is 5.02 Å². The number of carbonyl (C=O) groups is 1. The molecule has 1 N–H and O–H groups in total. The zero-order valence-corrected chi connectivity index (χ0v) is 17.6. The Morgan fingerprint density at radius 2 is 1.93 bits per heavy atom. The Hall–Kier alpha value is -2.31. The number of aryl methyl sites for hydroxylation is 3. The van der Waals surface area contributed by atoms with Crippen LogP contribution in [0.15, 0.2) is 53.7 Å². The second-order valence-corrected chi connectivity index (χ2v) is 7.80. The molecule has 0 aliphatic rings. The van der Waals surface area contributed by atoms with Gasteiger partial charge in [-0.2, -0.15) is 0 Å². The second-order valence-electron chi connectivity index (χ2n) is 6.42. The number of halogens is 1. The maximum absolute atomic E-state index is 12.3. The number of amides is 1. The van der Waals surface area contributed by atoms with Crippen molar-refractivity contribution in [1.82, 2.24) is 14.8 Å². The summed E-state index contributed by atoms with van der Waals surface area (Å²) in [7, 11) is 0. The molecule has 0 aliphatic carbocycles. The number of anilines is 1. The van der Waals surface area contributed by atoms with Crippen molar-refractivity contribution in [3.63, 3.8) is 0 Å². The van der Waals surface area contributed by atoms with Crippen LogP contribution in [0.5, 0.6) is 0 Å². The number of benzene rings is 2. The number of nitrogens with zero attached hydrogens (tertiary/aromatic N) is 3. The van der Waals surface area contributed by atoms with Gasteiger partial charge in [0, 0.05) is 23.7 Å². The highest BCUT2D eigenvalue weighted by Crippen LogP contribution is 2.22. The summed E-state index contributed by atoms with van der Waals surface area (Å²) in [6.07, 6.45) is 1.73. The number of rotatable bonds is 8. The molecular formula is C21H23ClN4OS. The third-order valence-corrected chi connectivity index (χ3v) is 5.60. The van der Waals surface area contributed by atoms with Crippen LogP contribution < -0.4 is 5.32 Å². The zero-order valence-electron chi connectivity index (χ0n) is 16.0. The average Bonchev–Trinajstić information content (AvgIpc) is 3.10. The van der Waals surface area contributed by atoms with Crippen molar-refractivity contribution in [2.45, 2.75) is 38.4 Å². The Bertz CT molecular complexity index is 943. The molecule has 0 bridgehead atoms. The van der Waals surface area contributed by atoms with Crippen molar-refractivity contribution in [2.75, 3.05) is 11.1 Å². The predicted molar refractivity (Wildman–Crippen MR) is 115 cm³/mol. The van der Waals surface area contributed by atoms with Crippen LogP contribution in [0.25, 0.3) is 0 Å². The smallest absolute Gasteiger partial charge is 0.234 e. The van der Waals surface area contributed by atoms with Gasteiger partial charge in [-0.3, -0.25) is 4.79 Å². The third-order valence-electron chi connectivity index (χ3n) is 4.40. The highest BCUT2D eigenvalue weighted by Gasteiger charge is 2.14. The highest BCUT2D eigenvalue weighted by molar-refractivity contribution is 7.99. The molecule has 0 saturated heterocycles. The van der Waals surface area contributed by atoms with Gasteiger partial charge < -0.3 is 9.88 Å². The summed E-state index contributed by atoms with van der Waals surface area (Å²) in [5.41, 5.74) is 2.99. The third kappa shape index (κ3) is 5.36. The fraction of sp³-hybridized carbons (Fsp3) is 0.286. The molecule has 0 atom stereocenters. The van der Waals surface area contributed by atoms with Gasteiger partial charge in [0.05, 0.1) is 5.75 Å². The summed E-state index contributed by atoms with van der Waals surface area (Å²) in [5.74, 6) is 1.12. The number of hydrogen-bond acceptors (Lipinski definition) is 4. The Kier molecular flexibility index (Phi) is 7.12. The topological polar surface area (TPSA) is 59.8 Å². The normalized spacial score (nSPS) is 10.8. The molecule has 2 aromatic carbocycles. The van der Waals surface area contributed by atoms with Crippen molar-refractivity contribution in [3.05, 3.63) is 70.5 Å². The summed E-state index contributed by atoms with van der Waals surface area (Å²) in [4.78, 5) is 12.3. The van der Waals surface area contributed by atoms with Gasteiger partial charge in [0.25, 0.3) is 0 Å². The van der Waals surface area contributed by atoms with E-state index in [1.165, 1.54) is 17.3 Å². The molecule has 1 heterocycles. The lowest BCUT2D eigenvalue weighted by molar-refractivity contribution is -0.113. The van der Waals surface area contributed by atoms with Crippen LogP contribution in [0.3, 0.4) is 0 Å². The molecule has 0 aliphatic heterocycles. The Morgan fingerprint density at radius 3 is 2.68 bits per heavy atom. The first-order valence-electron chi connectivity index (χ1n) is 9.21. The number of nitrogens with one attached hydrogen (secondary N) is 1. The van der Waals surface area contributed by atoms with E-state index in [-0.39, 0.29) is 11.7 Å². The van der Waals surface area contributed by atoms with Gasteiger partial charge in [-0.15, -0.1) is 10.2 Å². The van der Waals surface area contributed by atoms with E-state index >= 15 is 0 Å². The van der Waals surface area contributed by atoms with Crippen LogP contribution in [-0.4, -0.2) is 26.4 Å². The van der Waals surface area contributed by atoms with Gasteiger partial charge in [0.1, 0.15) is 5.82 Å². The lowest BCUT2D eigenvalue weighted by atomic mass is 10.1. The molecule has 3 rings (SSSR count). The molecule has 0 saturated carbocycles. The highest BCUT2D eigenvalue weighted by atomic mass is 35.5. The molecule has 146 valence electrons. The molecule has 7 heteroatoms. The quantitative estimate of drug-likeness (QED) is 0.539. The number of aromatic nitrogens is 3. The van der Waals surface area contributed by atoms with Crippen LogP contribution in [0.2, 0.25) is 5.02 Å². The first-order valence-corrected chi connectivity index (χ1v) is 10.6. The van der Waals surface area contributed by atoms with Gasteiger partial charge in [0.15, 0.2) is 5.16 Å². The van der Waals surface area contributed by atoms with Gasteiger partial charge in [-0.25, -0.2) is 0 Å². The largest absolute Gasteiger partial charge is 0.325 e. The van der Waals surface area contributed by atoms with Crippen LogP contribution in [0, 0.1) is 6.92 Å². The summed E-state index contributed by atoms with van der Waals surface area (Å²) in [6, 6.07) is 15.8. The fourth-order valence-corrected chi connectivity index (χ4v) is 3.87. The second kappa shape index (κ2) is 9.75. The molecule has 0 radical (unpaired) electrons. The summed E-state index contributed by atoms with van der Waals surface area (Å²) in [6.45, 7) is 4.77. The summed E-state index contributed by atoms with van der Waals surface area (Å²) >= 11 is 7.41. The molecule has 0 unspecified atom stereocenters. The van der Waals surface area contributed by atoms with Gasteiger partial charge in [0.2, 0.25) is 5.91 Å². The lowest BCUT2D eigenvalue weighted by Crippen LogP contribution is -2.15. The van der Waals surface area contributed by atoms with Crippen LogP contribution in [0.4, 0.5) is 5.69 Å². The summed E-state index contributed by atoms with van der Waals surface area (Å²) < 4.78 is 2.07. The standard InChI is InChI=1S/C21H23ClN4OS/c1-3-26-19(12-10-16-7-5-4-6-8-16)24-25-21(26)28-14-20(27)23-18-13-17(22)11-9-15(18)2/h4-9,11,13H,3,10,12,14H2,1-2H3,(H,23,27). The maximum atomic E-state index is 12.3.